The van der Waals surface area contributed by atoms with Crippen molar-refractivity contribution in [2.45, 2.75) is 18.4 Å². The summed E-state index contributed by atoms with van der Waals surface area (Å²) >= 11 is 11.3. The molecule has 108 valence electrons. The molecule has 1 aliphatic rings. The van der Waals surface area contributed by atoms with Crippen molar-refractivity contribution in [3.8, 4) is 0 Å². The van der Waals surface area contributed by atoms with Gasteiger partial charge in [0.15, 0.2) is 10.9 Å². The summed E-state index contributed by atoms with van der Waals surface area (Å²) in [4.78, 5) is 4.11. The molecule has 2 N–H and O–H groups in total. The molecule has 0 amide bonds. The van der Waals surface area contributed by atoms with Gasteiger partial charge in [0.1, 0.15) is 5.82 Å². The molecule has 2 aromatic rings. The van der Waals surface area contributed by atoms with Gasteiger partial charge in [0, 0.05) is 18.2 Å². The van der Waals surface area contributed by atoms with E-state index in [0.29, 0.717) is 21.9 Å². The number of nitrogens with zero attached hydrogens (tertiary/aromatic N) is 1. The van der Waals surface area contributed by atoms with E-state index >= 15 is 0 Å². The van der Waals surface area contributed by atoms with E-state index in [0.717, 1.165) is 12.0 Å². The van der Waals surface area contributed by atoms with Crippen LogP contribution in [0.3, 0.4) is 0 Å². The quantitative estimate of drug-likeness (QED) is 0.845. The van der Waals surface area contributed by atoms with Crippen molar-refractivity contribution in [2.75, 3.05) is 5.32 Å². The number of pyridine rings is 1. The highest BCUT2D eigenvalue weighted by Crippen LogP contribution is 2.40. The van der Waals surface area contributed by atoms with E-state index in [9.17, 15) is 4.39 Å². The largest absolute Gasteiger partial charge is 0.359 e. The van der Waals surface area contributed by atoms with Crippen LogP contribution in [0.1, 0.15) is 17.9 Å². The zero-order valence-electron chi connectivity index (χ0n) is 11.0. The van der Waals surface area contributed by atoms with E-state index in [1.165, 1.54) is 6.07 Å². The van der Waals surface area contributed by atoms with Crippen LogP contribution in [-0.2, 0) is 0 Å². The highest BCUT2D eigenvalue weighted by molar-refractivity contribution is 7.80. The molecule has 6 heteroatoms. The van der Waals surface area contributed by atoms with Crippen molar-refractivity contribution in [2.24, 2.45) is 0 Å². The topological polar surface area (TPSA) is 37.0 Å². The van der Waals surface area contributed by atoms with Gasteiger partial charge in [-0.2, -0.15) is 0 Å². The molecule has 3 nitrogen and oxygen atoms in total. The summed E-state index contributed by atoms with van der Waals surface area (Å²) in [6, 6.07) is 10.4. The molecule has 0 aliphatic heterocycles. The Labute approximate surface area is 132 Å². The van der Waals surface area contributed by atoms with Crippen LogP contribution in [0.4, 0.5) is 10.2 Å². The lowest BCUT2D eigenvalue weighted by atomic mass is 10.1. The van der Waals surface area contributed by atoms with Crippen LogP contribution >= 0.6 is 23.8 Å². The fourth-order valence-corrected chi connectivity index (χ4v) is 2.67. The monoisotopic (exact) mass is 321 g/mol. The molecule has 0 saturated heterocycles. The van der Waals surface area contributed by atoms with Crippen LogP contribution in [-0.4, -0.2) is 16.1 Å². The van der Waals surface area contributed by atoms with Crippen molar-refractivity contribution in [3.63, 3.8) is 0 Å². The van der Waals surface area contributed by atoms with Gasteiger partial charge < -0.3 is 10.6 Å². The summed E-state index contributed by atoms with van der Waals surface area (Å²) in [6.07, 6.45) is 2.57. The number of aromatic nitrogens is 1. The number of benzene rings is 1. The first-order valence-electron chi connectivity index (χ1n) is 6.57. The molecule has 1 aliphatic carbocycles. The summed E-state index contributed by atoms with van der Waals surface area (Å²) in [6.45, 7) is 0. The summed E-state index contributed by atoms with van der Waals surface area (Å²) in [5.41, 5.74) is 0.992. The predicted molar refractivity (Wildman–Crippen MR) is 86.1 cm³/mol. The maximum Gasteiger partial charge on any atom is 0.172 e. The minimum Gasteiger partial charge on any atom is -0.359 e. The summed E-state index contributed by atoms with van der Waals surface area (Å²) in [5.74, 6) is 0.610. The Morgan fingerprint density at radius 3 is 2.95 bits per heavy atom. The number of thiocarbonyl (C=S) groups is 1. The van der Waals surface area contributed by atoms with Crippen molar-refractivity contribution in [1.29, 1.82) is 0 Å². The van der Waals surface area contributed by atoms with E-state index in [2.05, 4.69) is 15.6 Å². The first-order valence-corrected chi connectivity index (χ1v) is 7.35. The number of nitrogens with one attached hydrogen (secondary N) is 2. The minimum absolute atomic E-state index is 0.209. The highest BCUT2D eigenvalue weighted by atomic mass is 35.5. The molecule has 0 radical (unpaired) electrons. The van der Waals surface area contributed by atoms with Crippen molar-refractivity contribution in [3.05, 3.63) is 59.0 Å². The lowest BCUT2D eigenvalue weighted by Gasteiger charge is -2.10. The maximum atomic E-state index is 13.2. The zero-order valence-corrected chi connectivity index (χ0v) is 12.6. The van der Waals surface area contributed by atoms with Crippen LogP contribution in [0.5, 0.6) is 0 Å². The normalized spacial score (nSPS) is 19.9. The number of rotatable bonds is 3. The Hall–Kier alpha value is -1.72. The molecule has 1 fully saturated rings. The van der Waals surface area contributed by atoms with Gasteiger partial charge in [-0.1, -0.05) is 23.7 Å². The second-order valence-corrected chi connectivity index (χ2v) is 5.75. The smallest absolute Gasteiger partial charge is 0.172 e. The maximum absolute atomic E-state index is 13.2. The molecule has 21 heavy (non-hydrogen) atoms. The van der Waals surface area contributed by atoms with Crippen LogP contribution in [0, 0.1) is 5.82 Å². The second kappa shape index (κ2) is 5.95. The van der Waals surface area contributed by atoms with E-state index in [4.69, 9.17) is 23.8 Å². The lowest BCUT2D eigenvalue weighted by Crippen LogP contribution is -2.31. The van der Waals surface area contributed by atoms with Gasteiger partial charge in [-0.25, -0.2) is 9.37 Å². The SMILES string of the molecule is Fc1cccc(C2CC2NC(=S)Nc2ncccc2Cl)c1. The van der Waals surface area contributed by atoms with Gasteiger partial charge in [-0.15, -0.1) is 0 Å². The summed E-state index contributed by atoms with van der Waals surface area (Å²) in [7, 11) is 0. The van der Waals surface area contributed by atoms with Gasteiger partial charge in [0.25, 0.3) is 0 Å². The van der Waals surface area contributed by atoms with Crippen molar-refractivity contribution >= 4 is 34.7 Å². The lowest BCUT2D eigenvalue weighted by molar-refractivity contribution is 0.625. The molecule has 0 spiro atoms. The number of anilines is 1. The molecular weight excluding hydrogens is 309 g/mol. The fourth-order valence-electron chi connectivity index (χ4n) is 2.25. The molecule has 1 aromatic heterocycles. The highest BCUT2D eigenvalue weighted by Gasteiger charge is 2.39. The zero-order chi connectivity index (χ0) is 14.8. The van der Waals surface area contributed by atoms with Crippen LogP contribution < -0.4 is 10.6 Å². The average molecular weight is 322 g/mol. The Kier molecular flexibility index (Phi) is 4.03. The Morgan fingerprint density at radius 2 is 2.19 bits per heavy atom. The third-order valence-electron chi connectivity index (χ3n) is 3.37. The number of halogens is 2. The Bertz CT molecular complexity index is 679. The molecule has 2 atom stereocenters. The van der Waals surface area contributed by atoms with E-state index in [1.54, 1.807) is 30.5 Å². The van der Waals surface area contributed by atoms with E-state index < -0.39 is 0 Å². The van der Waals surface area contributed by atoms with E-state index in [1.807, 2.05) is 6.07 Å². The summed E-state index contributed by atoms with van der Waals surface area (Å²) < 4.78 is 13.2. The van der Waals surface area contributed by atoms with Crippen LogP contribution in [0.15, 0.2) is 42.6 Å². The van der Waals surface area contributed by atoms with Gasteiger partial charge in [-0.05, 0) is 48.5 Å². The molecule has 2 unspecified atom stereocenters. The van der Waals surface area contributed by atoms with E-state index in [-0.39, 0.29) is 11.9 Å². The second-order valence-electron chi connectivity index (χ2n) is 4.94. The van der Waals surface area contributed by atoms with Gasteiger partial charge >= 0.3 is 0 Å². The molecule has 0 bridgehead atoms. The van der Waals surface area contributed by atoms with Gasteiger partial charge in [0.05, 0.1) is 5.02 Å². The van der Waals surface area contributed by atoms with Crippen LogP contribution in [0.25, 0.3) is 0 Å². The molecule has 3 rings (SSSR count). The summed E-state index contributed by atoms with van der Waals surface area (Å²) in [5, 5.41) is 7.15. The molecule has 1 aromatic carbocycles. The Balaban J connectivity index is 1.57. The first kappa shape index (κ1) is 14.2. The fraction of sp³-hybridized carbons (Fsp3) is 0.200. The number of hydrogen-bond donors (Lipinski definition) is 2. The molecule has 1 saturated carbocycles. The molecule has 1 heterocycles. The van der Waals surface area contributed by atoms with Crippen molar-refractivity contribution < 1.29 is 4.39 Å². The van der Waals surface area contributed by atoms with Crippen molar-refractivity contribution in [1.82, 2.24) is 10.3 Å². The van der Waals surface area contributed by atoms with Crippen LogP contribution in [0.2, 0.25) is 5.02 Å². The predicted octanol–water partition coefficient (Wildman–Crippen LogP) is 3.72. The minimum atomic E-state index is -0.209. The Morgan fingerprint density at radius 1 is 1.33 bits per heavy atom. The first-order chi connectivity index (χ1) is 10.1. The third-order valence-corrected chi connectivity index (χ3v) is 3.90. The molecular formula is C15H13ClFN3S. The number of hydrogen-bond acceptors (Lipinski definition) is 2. The standard InChI is InChI=1S/C15H13ClFN3S/c16-12-5-2-6-18-14(12)20-15(21)19-13-8-11(13)9-3-1-4-10(17)7-9/h1-7,11,13H,8H2,(H2,18,19,20,21). The van der Waals surface area contributed by atoms with Gasteiger partial charge in [0.2, 0.25) is 0 Å². The van der Waals surface area contributed by atoms with Gasteiger partial charge in [-0.3, -0.25) is 0 Å². The average Bonchev–Trinajstić information content (AvgIpc) is 3.20. The third kappa shape index (κ3) is 3.49.